The molecular weight excluding hydrogens is 409 g/mol. The quantitative estimate of drug-likeness (QED) is 0.565. The molecule has 1 unspecified atom stereocenters. The molecule has 7 heteroatoms. The number of hydrogen-bond donors (Lipinski definition) is 1. The van der Waals surface area contributed by atoms with Gasteiger partial charge in [0.05, 0.1) is 5.69 Å². The number of fused-ring (bicyclic) bond motifs is 1. The fourth-order valence-electron chi connectivity index (χ4n) is 4.87. The summed E-state index contributed by atoms with van der Waals surface area (Å²) in [7, 11) is 0. The molecule has 0 aliphatic carbocycles. The second-order valence-electron chi connectivity index (χ2n) is 8.92. The van der Waals surface area contributed by atoms with Crippen LogP contribution >= 0.6 is 0 Å². The molecule has 1 fully saturated rings. The zero-order chi connectivity index (χ0) is 23.2. The summed E-state index contributed by atoms with van der Waals surface area (Å²) in [6.07, 6.45) is 2.47. The van der Waals surface area contributed by atoms with E-state index in [9.17, 15) is 18.8 Å². The first-order chi connectivity index (χ1) is 15.1. The van der Waals surface area contributed by atoms with Crippen LogP contribution in [0, 0.1) is 5.82 Å². The van der Waals surface area contributed by atoms with E-state index in [0.717, 1.165) is 35.2 Å². The van der Waals surface area contributed by atoms with Gasteiger partial charge in [0.15, 0.2) is 0 Å². The van der Waals surface area contributed by atoms with Gasteiger partial charge in [-0.3, -0.25) is 14.9 Å². The molecule has 0 spiro atoms. The van der Waals surface area contributed by atoms with Gasteiger partial charge in [0, 0.05) is 17.8 Å². The number of imide groups is 2. The molecule has 0 bridgehead atoms. The molecule has 2 aromatic carbocycles. The molecule has 0 aromatic heterocycles. The van der Waals surface area contributed by atoms with Gasteiger partial charge in [0.2, 0.25) is 0 Å². The number of amides is 4. The molecule has 4 rings (SSSR count). The Morgan fingerprint density at radius 1 is 1.16 bits per heavy atom. The van der Waals surface area contributed by atoms with Crippen molar-refractivity contribution in [3.8, 4) is 0 Å². The van der Waals surface area contributed by atoms with Gasteiger partial charge < -0.3 is 4.90 Å². The smallest absolute Gasteiger partial charge is 0.335 e. The third-order valence-corrected chi connectivity index (χ3v) is 6.21. The summed E-state index contributed by atoms with van der Waals surface area (Å²) in [5.74, 6) is -1.83. The zero-order valence-electron chi connectivity index (χ0n) is 18.6. The van der Waals surface area contributed by atoms with Gasteiger partial charge >= 0.3 is 6.03 Å². The normalized spacial score (nSPS) is 21.6. The Labute approximate surface area is 186 Å². The van der Waals surface area contributed by atoms with E-state index in [1.807, 2.05) is 18.2 Å². The molecule has 2 heterocycles. The van der Waals surface area contributed by atoms with Crippen LogP contribution in [0.4, 0.5) is 20.6 Å². The number of carbonyl (C=O) groups is 3. The van der Waals surface area contributed by atoms with Crippen molar-refractivity contribution in [2.75, 3.05) is 16.3 Å². The Bertz CT molecular complexity index is 1150. The first-order valence-electron chi connectivity index (χ1n) is 10.7. The lowest BCUT2D eigenvalue weighted by Crippen LogP contribution is -2.54. The van der Waals surface area contributed by atoms with Crippen LogP contribution in [0.2, 0.25) is 0 Å². The topological polar surface area (TPSA) is 69.7 Å². The summed E-state index contributed by atoms with van der Waals surface area (Å²) >= 11 is 0. The number of hydrogen-bond acceptors (Lipinski definition) is 4. The van der Waals surface area contributed by atoms with E-state index in [4.69, 9.17) is 0 Å². The Hall–Kier alpha value is -3.48. The maximum Gasteiger partial charge on any atom is 0.335 e. The summed E-state index contributed by atoms with van der Waals surface area (Å²) in [4.78, 5) is 41.0. The maximum atomic E-state index is 13.7. The van der Waals surface area contributed by atoms with E-state index in [1.165, 1.54) is 24.3 Å². The van der Waals surface area contributed by atoms with Crippen molar-refractivity contribution in [2.45, 2.75) is 45.6 Å². The van der Waals surface area contributed by atoms with Gasteiger partial charge in [0.25, 0.3) is 11.8 Å². The van der Waals surface area contributed by atoms with E-state index in [1.54, 1.807) is 0 Å². The molecule has 1 saturated heterocycles. The Morgan fingerprint density at radius 3 is 2.59 bits per heavy atom. The van der Waals surface area contributed by atoms with E-state index in [2.05, 4.69) is 37.9 Å². The van der Waals surface area contributed by atoms with Gasteiger partial charge in [-0.15, -0.1) is 0 Å². The summed E-state index contributed by atoms with van der Waals surface area (Å²) in [6.45, 7) is 9.64. The largest absolute Gasteiger partial charge is 0.366 e. The van der Waals surface area contributed by atoms with Gasteiger partial charge in [0.1, 0.15) is 11.4 Å². The van der Waals surface area contributed by atoms with Gasteiger partial charge in [-0.2, -0.15) is 0 Å². The first kappa shape index (κ1) is 21.7. The number of halogens is 1. The third kappa shape index (κ3) is 3.68. The molecule has 1 N–H and O–H groups in total. The van der Waals surface area contributed by atoms with Crippen LogP contribution in [0.3, 0.4) is 0 Å². The minimum Gasteiger partial charge on any atom is -0.366 e. The first-order valence-corrected chi connectivity index (χ1v) is 10.7. The molecule has 6 nitrogen and oxygen atoms in total. The number of nitrogens with zero attached hydrogens (tertiary/aromatic N) is 2. The second kappa shape index (κ2) is 7.89. The van der Waals surface area contributed by atoms with Crippen molar-refractivity contribution in [1.82, 2.24) is 5.32 Å². The Kier molecular flexibility index (Phi) is 5.36. The average molecular weight is 435 g/mol. The number of rotatable bonds is 3. The van der Waals surface area contributed by atoms with Crippen LogP contribution in [-0.2, 0) is 9.59 Å². The minimum atomic E-state index is -0.900. The van der Waals surface area contributed by atoms with Crippen molar-refractivity contribution in [2.24, 2.45) is 0 Å². The van der Waals surface area contributed by atoms with Crippen molar-refractivity contribution in [1.29, 1.82) is 0 Å². The molecule has 32 heavy (non-hydrogen) atoms. The van der Waals surface area contributed by atoms with E-state index >= 15 is 0 Å². The molecule has 2 aliphatic rings. The van der Waals surface area contributed by atoms with Crippen LogP contribution in [-0.4, -0.2) is 29.9 Å². The van der Waals surface area contributed by atoms with E-state index in [-0.39, 0.29) is 16.8 Å². The summed E-state index contributed by atoms with van der Waals surface area (Å²) in [5, 5.41) is 2.17. The molecule has 0 saturated carbocycles. The molecule has 4 amide bonds. The third-order valence-electron chi connectivity index (χ3n) is 6.21. The number of carbonyl (C=O) groups excluding carboxylic acids is 3. The van der Waals surface area contributed by atoms with Crippen LogP contribution < -0.4 is 15.1 Å². The zero-order valence-corrected chi connectivity index (χ0v) is 18.6. The average Bonchev–Trinajstić information content (AvgIpc) is 2.71. The highest BCUT2D eigenvalue weighted by atomic mass is 19.1. The monoisotopic (exact) mass is 435 g/mol. The molecule has 2 aromatic rings. The molecule has 166 valence electrons. The Balaban J connectivity index is 1.73. The maximum absolute atomic E-state index is 13.7. The summed E-state index contributed by atoms with van der Waals surface area (Å²) in [6, 6.07) is 10.1. The highest BCUT2D eigenvalue weighted by molar-refractivity contribution is 6.39. The van der Waals surface area contributed by atoms with Crippen LogP contribution in [0.1, 0.15) is 51.2 Å². The number of nitrogens with one attached hydrogen (secondary N) is 1. The van der Waals surface area contributed by atoms with Gasteiger partial charge in [-0.05, 0) is 80.6 Å². The van der Waals surface area contributed by atoms with Crippen LogP contribution in [0.25, 0.3) is 6.08 Å². The summed E-state index contributed by atoms with van der Waals surface area (Å²) < 4.78 is 13.7. The SMILES string of the molecule is CCN1c2ccc(/C=C3\C(=O)NC(=O)N(c4cccc(F)c4)C3=O)cc2C(C)CC1(C)C. The molecular formula is C25H26FN3O3. The molecule has 0 radical (unpaired) electrons. The van der Waals surface area contributed by atoms with Crippen molar-refractivity contribution < 1.29 is 18.8 Å². The van der Waals surface area contributed by atoms with Crippen LogP contribution in [0.15, 0.2) is 48.0 Å². The lowest BCUT2D eigenvalue weighted by atomic mass is 9.79. The number of urea groups is 1. The highest BCUT2D eigenvalue weighted by Gasteiger charge is 2.38. The standard InChI is InChI=1S/C25H26FN3O3/c1-5-28-21-10-9-16(11-19(21)15(2)14-25(28,3)4)12-20-22(30)27-24(32)29(23(20)31)18-8-6-7-17(26)13-18/h6-13,15H,5,14H2,1-4H3,(H,27,30,32)/b20-12+. The Morgan fingerprint density at radius 2 is 1.91 bits per heavy atom. The molecule has 1 atom stereocenters. The predicted octanol–water partition coefficient (Wildman–Crippen LogP) is 4.60. The predicted molar refractivity (Wildman–Crippen MR) is 122 cm³/mol. The van der Waals surface area contributed by atoms with Crippen molar-refractivity contribution in [3.63, 3.8) is 0 Å². The second-order valence-corrected chi connectivity index (χ2v) is 8.92. The minimum absolute atomic E-state index is 0.0339. The fraction of sp³-hybridized carbons (Fsp3) is 0.320. The summed E-state index contributed by atoms with van der Waals surface area (Å²) in [5.41, 5.74) is 2.91. The highest BCUT2D eigenvalue weighted by Crippen LogP contribution is 2.43. The van der Waals surface area contributed by atoms with Gasteiger partial charge in [-0.1, -0.05) is 19.1 Å². The van der Waals surface area contributed by atoms with Crippen molar-refractivity contribution >= 4 is 35.3 Å². The molecule has 2 aliphatic heterocycles. The number of benzene rings is 2. The van der Waals surface area contributed by atoms with E-state index in [0.29, 0.717) is 11.5 Å². The van der Waals surface area contributed by atoms with E-state index < -0.39 is 23.7 Å². The van der Waals surface area contributed by atoms with Gasteiger partial charge in [-0.25, -0.2) is 14.1 Å². The lowest BCUT2D eigenvalue weighted by molar-refractivity contribution is -0.122. The fourth-order valence-corrected chi connectivity index (χ4v) is 4.87. The van der Waals surface area contributed by atoms with Crippen molar-refractivity contribution in [3.05, 3.63) is 65.0 Å². The lowest BCUT2D eigenvalue weighted by Gasteiger charge is -2.47. The van der Waals surface area contributed by atoms with Crippen LogP contribution in [0.5, 0.6) is 0 Å². The number of anilines is 2. The number of barbiturate groups is 1.